The van der Waals surface area contributed by atoms with Gasteiger partial charge in [0, 0.05) is 0 Å². The molecule has 2 rings (SSSR count). The fraction of sp³-hybridized carbons (Fsp3) is 0.118. The van der Waals surface area contributed by atoms with Crippen LogP contribution in [0.3, 0.4) is 0 Å². The van der Waals surface area contributed by atoms with Crippen LogP contribution >= 0.6 is 0 Å². The van der Waals surface area contributed by atoms with Gasteiger partial charge in [0.1, 0.15) is 5.75 Å². The molecule has 2 aromatic rings. The summed E-state index contributed by atoms with van der Waals surface area (Å²) in [5.74, 6) is -0.724. The highest BCUT2D eigenvalue weighted by atomic mass is 16.5. The first kappa shape index (κ1) is 16.2. The molecule has 0 saturated carbocycles. The topological polar surface area (TPSA) is 88.0 Å². The van der Waals surface area contributed by atoms with Crippen LogP contribution in [0.1, 0.15) is 21.5 Å². The standard InChI is InChI=1S/C17H16N2O4/c1-12-4-2-3-5-15(12)23-11-16(20)19-18-10-13-6-8-14(9-7-13)17(21)22/h2-10H,11H2,1H3,(H,19,20)(H,21,22)/b18-10+. The van der Waals surface area contributed by atoms with E-state index in [1.54, 1.807) is 18.2 Å². The van der Waals surface area contributed by atoms with Gasteiger partial charge < -0.3 is 9.84 Å². The van der Waals surface area contributed by atoms with E-state index in [-0.39, 0.29) is 18.1 Å². The maximum absolute atomic E-state index is 11.6. The molecule has 0 saturated heterocycles. The van der Waals surface area contributed by atoms with Crippen LogP contribution in [0.15, 0.2) is 53.6 Å². The van der Waals surface area contributed by atoms with Gasteiger partial charge in [-0.05, 0) is 36.2 Å². The van der Waals surface area contributed by atoms with Crippen LogP contribution in [-0.2, 0) is 4.79 Å². The highest BCUT2D eigenvalue weighted by Gasteiger charge is 2.03. The average Bonchev–Trinajstić information content (AvgIpc) is 2.54. The lowest BCUT2D eigenvalue weighted by atomic mass is 10.1. The van der Waals surface area contributed by atoms with E-state index in [0.717, 1.165) is 5.56 Å². The first-order chi connectivity index (χ1) is 11.1. The molecule has 6 heteroatoms. The van der Waals surface area contributed by atoms with Gasteiger partial charge in [0.05, 0.1) is 11.8 Å². The van der Waals surface area contributed by atoms with Crippen LogP contribution in [-0.4, -0.2) is 29.8 Å². The van der Waals surface area contributed by atoms with E-state index < -0.39 is 5.97 Å². The maximum atomic E-state index is 11.6. The fourth-order valence-electron chi connectivity index (χ4n) is 1.78. The third-order valence-electron chi connectivity index (χ3n) is 3.01. The molecule has 0 radical (unpaired) electrons. The van der Waals surface area contributed by atoms with E-state index in [4.69, 9.17) is 9.84 Å². The summed E-state index contributed by atoms with van der Waals surface area (Å²) in [4.78, 5) is 22.4. The SMILES string of the molecule is Cc1ccccc1OCC(=O)N/N=C/c1ccc(C(=O)O)cc1. The number of carbonyl (C=O) groups is 2. The number of rotatable bonds is 6. The Kier molecular flexibility index (Phi) is 5.46. The van der Waals surface area contributed by atoms with Crippen molar-refractivity contribution in [2.75, 3.05) is 6.61 Å². The van der Waals surface area contributed by atoms with E-state index in [1.165, 1.54) is 18.3 Å². The number of hydrogen-bond acceptors (Lipinski definition) is 4. The summed E-state index contributed by atoms with van der Waals surface area (Å²) in [6.07, 6.45) is 1.43. The number of para-hydroxylation sites is 1. The third-order valence-corrected chi connectivity index (χ3v) is 3.01. The van der Waals surface area contributed by atoms with Crippen molar-refractivity contribution < 1.29 is 19.4 Å². The van der Waals surface area contributed by atoms with Crippen molar-refractivity contribution in [1.29, 1.82) is 0 Å². The zero-order valence-electron chi connectivity index (χ0n) is 12.5. The van der Waals surface area contributed by atoms with Crippen molar-refractivity contribution >= 4 is 18.1 Å². The molecule has 0 aliphatic rings. The van der Waals surface area contributed by atoms with Crippen molar-refractivity contribution in [3.05, 3.63) is 65.2 Å². The number of carboxylic acid groups (broad SMARTS) is 1. The molecule has 2 N–H and O–H groups in total. The maximum Gasteiger partial charge on any atom is 0.335 e. The Balaban J connectivity index is 1.82. The number of amides is 1. The van der Waals surface area contributed by atoms with Gasteiger partial charge in [-0.2, -0.15) is 5.10 Å². The number of carboxylic acids is 1. The fourth-order valence-corrected chi connectivity index (χ4v) is 1.78. The molecule has 0 fully saturated rings. The van der Waals surface area contributed by atoms with Gasteiger partial charge in [-0.1, -0.05) is 30.3 Å². The number of aromatic carboxylic acids is 1. The monoisotopic (exact) mass is 312 g/mol. The van der Waals surface area contributed by atoms with E-state index in [0.29, 0.717) is 11.3 Å². The first-order valence-corrected chi connectivity index (χ1v) is 6.90. The van der Waals surface area contributed by atoms with Gasteiger partial charge in [0.2, 0.25) is 0 Å². The predicted octanol–water partition coefficient (Wildman–Crippen LogP) is 2.22. The molecular formula is C17H16N2O4. The van der Waals surface area contributed by atoms with Crippen LogP contribution in [0.25, 0.3) is 0 Å². The van der Waals surface area contributed by atoms with Crippen LogP contribution in [0.4, 0.5) is 0 Å². The third kappa shape index (κ3) is 4.96. The molecule has 118 valence electrons. The molecule has 0 atom stereocenters. The van der Waals surface area contributed by atoms with Gasteiger partial charge in [-0.15, -0.1) is 0 Å². The van der Waals surface area contributed by atoms with E-state index in [2.05, 4.69) is 10.5 Å². The first-order valence-electron chi connectivity index (χ1n) is 6.90. The van der Waals surface area contributed by atoms with Crippen molar-refractivity contribution in [2.45, 2.75) is 6.92 Å². The average molecular weight is 312 g/mol. The number of nitrogens with zero attached hydrogens (tertiary/aromatic N) is 1. The van der Waals surface area contributed by atoms with Gasteiger partial charge >= 0.3 is 5.97 Å². The molecule has 2 aromatic carbocycles. The molecule has 0 aliphatic heterocycles. The van der Waals surface area contributed by atoms with Gasteiger partial charge in [0.25, 0.3) is 5.91 Å². The van der Waals surface area contributed by atoms with Gasteiger partial charge in [-0.3, -0.25) is 4.79 Å². The minimum atomic E-state index is -0.991. The van der Waals surface area contributed by atoms with Crippen molar-refractivity contribution in [2.24, 2.45) is 5.10 Å². The Labute approximate surface area is 133 Å². The minimum Gasteiger partial charge on any atom is -0.483 e. The Morgan fingerprint density at radius 3 is 2.52 bits per heavy atom. The molecule has 0 unspecified atom stereocenters. The largest absolute Gasteiger partial charge is 0.483 e. The summed E-state index contributed by atoms with van der Waals surface area (Å²) >= 11 is 0. The second kappa shape index (κ2) is 7.74. The van der Waals surface area contributed by atoms with Gasteiger partial charge in [-0.25, -0.2) is 10.2 Å². The van der Waals surface area contributed by atoms with Crippen molar-refractivity contribution in [3.8, 4) is 5.75 Å². The van der Waals surface area contributed by atoms with Crippen LogP contribution in [0.5, 0.6) is 5.75 Å². The number of aryl methyl sites for hydroxylation is 1. The lowest BCUT2D eigenvalue weighted by Crippen LogP contribution is -2.24. The van der Waals surface area contributed by atoms with Crippen LogP contribution < -0.4 is 10.2 Å². The lowest BCUT2D eigenvalue weighted by molar-refractivity contribution is -0.123. The molecule has 1 amide bonds. The summed E-state index contributed by atoms with van der Waals surface area (Å²) in [7, 11) is 0. The molecule has 0 spiro atoms. The summed E-state index contributed by atoms with van der Waals surface area (Å²) in [6.45, 7) is 1.76. The zero-order valence-corrected chi connectivity index (χ0v) is 12.5. The molecule has 0 aromatic heterocycles. The predicted molar refractivity (Wildman–Crippen MR) is 85.8 cm³/mol. The number of benzene rings is 2. The summed E-state index contributed by atoms with van der Waals surface area (Å²) < 4.78 is 5.39. The molecule has 6 nitrogen and oxygen atoms in total. The van der Waals surface area contributed by atoms with Gasteiger partial charge in [0.15, 0.2) is 6.61 Å². The van der Waals surface area contributed by atoms with Crippen molar-refractivity contribution in [3.63, 3.8) is 0 Å². The summed E-state index contributed by atoms with van der Waals surface area (Å²) in [6, 6.07) is 13.5. The molecule has 0 heterocycles. The number of hydrogen-bond donors (Lipinski definition) is 2. The molecule has 0 bridgehead atoms. The van der Waals surface area contributed by atoms with E-state index >= 15 is 0 Å². The minimum absolute atomic E-state index is 0.139. The van der Waals surface area contributed by atoms with E-state index in [1.807, 2.05) is 25.1 Å². The van der Waals surface area contributed by atoms with Crippen LogP contribution in [0, 0.1) is 6.92 Å². The number of ether oxygens (including phenoxy) is 1. The Morgan fingerprint density at radius 1 is 1.17 bits per heavy atom. The Bertz CT molecular complexity index is 724. The lowest BCUT2D eigenvalue weighted by Gasteiger charge is -2.07. The molecule has 23 heavy (non-hydrogen) atoms. The summed E-state index contributed by atoms with van der Waals surface area (Å²) in [5.41, 5.74) is 4.16. The number of hydrazone groups is 1. The summed E-state index contributed by atoms with van der Waals surface area (Å²) in [5, 5.41) is 12.6. The second-order valence-corrected chi connectivity index (χ2v) is 4.77. The zero-order chi connectivity index (χ0) is 16.7. The number of nitrogens with one attached hydrogen (secondary N) is 1. The normalized spacial score (nSPS) is 10.5. The van der Waals surface area contributed by atoms with E-state index in [9.17, 15) is 9.59 Å². The van der Waals surface area contributed by atoms with Crippen LogP contribution in [0.2, 0.25) is 0 Å². The smallest absolute Gasteiger partial charge is 0.335 e. The number of carbonyl (C=O) groups excluding carboxylic acids is 1. The second-order valence-electron chi connectivity index (χ2n) is 4.77. The molecular weight excluding hydrogens is 296 g/mol. The highest BCUT2D eigenvalue weighted by molar-refractivity contribution is 5.89. The van der Waals surface area contributed by atoms with Crippen molar-refractivity contribution in [1.82, 2.24) is 5.43 Å². The highest BCUT2D eigenvalue weighted by Crippen LogP contribution is 2.15. The molecule has 0 aliphatic carbocycles. The Hall–Kier alpha value is -3.15. The quantitative estimate of drug-likeness (QED) is 0.632. The Morgan fingerprint density at radius 2 is 1.87 bits per heavy atom.